The van der Waals surface area contributed by atoms with Gasteiger partial charge >= 0.3 is 6.18 Å². The van der Waals surface area contributed by atoms with E-state index in [4.69, 9.17) is 26.7 Å². The Labute approximate surface area is 240 Å². The Kier molecular flexibility index (Phi) is 9.84. The Bertz CT molecular complexity index is 1390. The molecule has 1 amide bonds. The summed E-state index contributed by atoms with van der Waals surface area (Å²) in [5.74, 6) is -0.531. The van der Waals surface area contributed by atoms with Crippen LogP contribution >= 0.6 is 0 Å². The summed E-state index contributed by atoms with van der Waals surface area (Å²) in [6.07, 6.45) is -0.163. The quantitative estimate of drug-likeness (QED) is 0.338. The van der Waals surface area contributed by atoms with Crippen LogP contribution in [0.15, 0.2) is 76.8 Å². The number of carbonyl (C=O) groups is 1. The van der Waals surface area contributed by atoms with Gasteiger partial charge in [0.15, 0.2) is 0 Å². The number of anilines is 1. The Hall–Kier alpha value is -4.81. The van der Waals surface area contributed by atoms with Crippen molar-refractivity contribution in [1.82, 2.24) is 4.98 Å². The molecule has 222 valence electrons. The average Bonchev–Trinajstić information content (AvgIpc) is 3.59. The van der Waals surface area contributed by atoms with Gasteiger partial charge in [-0.2, -0.15) is 13.2 Å². The van der Waals surface area contributed by atoms with Gasteiger partial charge in [-0.3, -0.25) is 9.78 Å². The number of amidine groups is 2. The molecule has 0 unspecified atom stereocenters. The van der Waals surface area contributed by atoms with Crippen molar-refractivity contribution in [1.29, 1.82) is 0 Å². The van der Waals surface area contributed by atoms with Crippen LogP contribution in [0.3, 0.4) is 0 Å². The predicted octanol–water partition coefficient (Wildman–Crippen LogP) is 5.02. The zero-order chi connectivity index (χ0) is 30.1. The monoisotopic (exact) mass is 582 g/mol. The predicted molar refractivity (Wildman–Crippen MR) is 153 cm³/mol. The van der Waals surface area contributed by atoms with E-state index in [9.17, 15) is 18.0 Å². The summed E-state index contributed by atoms with van der Waals surface area (Å²) in [5, 5.41) is 2.63. The van der Waals surface area contributed by atoms with E-state index in [0.717, 1.165) is 49.6 Å². The Morgan fingerprint density at radius 1 is 0.857 bits per heavy atom. The zero-order valence-corrected chi connectivity index (χ0v) is 22.6. The highest BCUT2D eigenvalue weighted by molar-refractivity contribution is 6.04. The van der Waals surface area contributed by atoms with Gasteiger partial charge < -0.3 is 32.0 Å². The van der Waals surface area contributed by atoms with E-state index < -0.39 is 17.8 Å². The lowest BCUT2D eigenvalue weighted by Crippen LogP contribution is -2.14. The fourth-order valence-corrected chi connectivity index (χ4v) is 4.16. The molecule has 0 saturated carbocycles. The van der Waals surface area contributed by atoms with Crippen LogP contribution in [0.25, 0.3) is 5.73 Å². The van der Waals surface area contributed by atoms with Crippen LogP contribution in [0.1, 0.15) is 40.0 Å². The molecule has 1 aromatic heterocycles. The number of carbonyl (C=O) groups excluding carboxylic acids is 1. The van der Waals surface area contributed by atoms with Gasteiger partial charge in [0.1, 0.15) is 18.9 Å². The maximum Gasteiger partial charge on any atom is 0.433 e. The molecule has 2 atom stereocenters. The van der Waals surface area contributed by atoms with E-state index in [-0.39, 0.29) is 23.7 Å². The molecule has 3 heterocycles. The maximum absolute atomic E-state index is 12.5. The first-order valence-corrected chi connectivity index (χ1v) is 13.2. The van der Waals surface area contributed by atoms with E-state index >= 15 is 0 Å². The lowest BCUT2D eigenvalue weighted by Gasteiger charge is -2.09. The van der Waals surface area contributed by atoms with Gasteiger partial charge in [0.2, 0.25) is 0 Å². The molecule has 2 aromatic carbocycles. The van der Waals surface area contributed by atoms with Crippen LogP contribution in [-0.2, 0) is 28.5 Å². The van der Waals surface area contributed by atoms with Crippen molar-refractivity contribution in [3.05, 3.63) is 95.0 Å². The molecule has 0 fully saturated rings. The van der Waals surface area contributed by atoms with Gasteiger partial charge in [-0.25, -0.2) is 9.98 Å². The number of nitrogens with one attached hydrogen (secondary N) is 2. The minimum atomic E-state index is -4.54. The van der Waals surface area contributed by atoms with Gasteiger partial charge in [-0.1, -0.05) is 36.4 Å². The largest absolute Gasteiger partial charge is 0.699 e. The molecule has 0 bridgehead atoms. The summed E-state index contributed by atoms with van der Waals surface area (Å²) in [7, 11) is 0. The van der Waals surface area contributed by atoms with Crippen LogP contribution in [0.4, 0.5) is 24.5 Å². The number of rotatable bonds is 8. The van der Waals surface area contributed by atoms with Crippen molar-refractivity contribution in [2.24, 2.45) is 21.5 Å². The van der Waals surface area contributed by atoms with Crippen molar-refractivity contribution >= 4 is 29.3 Å². The summed E-state index contributed by atoms with van der Waals surface area (Å²) >= 11 is 0. The van der Waals surface area contributed by atoms with Crippen molar-refractivity contribution in [3.8, 4) is 0 Å². The summed E-state index contributed by atoms with van der Waals surface area (Å²) in [6, 6.07) is 17.4. The molecule has 0 aliphatic carbocycles. The second kappa shape index (κ2) is 13.7. The van der Waals surface area contributed by atoms with Crippen LogP contribution < -0.4 is 16.8 Å². The fraction of sp³-hybridized carbons (Fsp3) is 0.310. The molecule has 2 aliphatic heterocycles. The normalized spacial score (nSPS) is 17.7. The van der Waals surface area contributed by atoms with Crippen LogP contribution in [0.5, 0.6) is 0 Å². The third-order valence-corrected chi connectivity index (χ3v) is 6.48. The summed E-state index contributed by atoms with van der Waals surface area (Å²) < 4.78 is 47.7. The highest BCUT2D eigenvalue weighted by Crippen LogP contribution is 2.27. The van der Waals surface area contributed by atoms with Gasteiger partial charge in [-0.15, -0.1) is 5.69 Å². The number of alkyl halides is 3. The number of aromatic nitrogens is 1. The first-order valence-electron chi connectivity index (χ1n) is 13.2. The number of aryl methyl sites for hydroxylation is 2. The lowest BCUT2D eigenvalue weighted by atomic mass is 10.1. The first kappa shape index (κ1) is 30.2. The first-order chi connectivity index (χ1) is 20.0. The van der Waals surface area contributed by atoms with E-state index in [1.807, 2.05) is 24.3 Å². The number of hydrogen-bond donors (Lipinski definition) is 3. The van der Waals surface area contributed by atoms with Crippen LogP contribution in [0.2, 0.25) is 0 Å². The number of pyridine rings is 1. The standard InChI is InChI=1S/C18H17F3N4O2.C11H14N3O/c19-18(20,21)15-8-4-12(9-23-15)16(26)24-13-5-1-11(2-6-13)3-7-14-10-27-17(22)25-14;12-9-4-1-8(2-5-9)3-6-10-7-15-11(13)14-10/h1-2,4-6,8-9,14H,3,7,10H2,(H2,22,25)(H,24,26);1-2,4-5,10,12H,3,6-7H2,(H2,13,14)/q;-1/t14-;10-/m00/s1. The Morgan fingerprint density at radius 2 is 1.38 bits per heavy atom. The number of ether oxygens (including phenoxy) is 2. The van der Waals surface area contributed by atoms with Crippen LogP contribution in [0, 0.1) is 0 Å². The number of nitrogens with zero attached hydrogens (tertiary/aromatic N) is 3. The fourth-order valence-electron chi connectivity index (χ4n) is 4.16. The van der Waals surface area contributed by atoms with E-state index in [1.165, 1.54) is 5.56 Å². The minimum Gasteiger partial charge on any atom is -0.699 e. The SMILES string of the molecule is NC1=N[C@@H](CCc2ccc(NC(=O)c3ccc(C(F)(F)F)nc3)cc2)CO1.[NH-]c1ccc(CC[C@H]2COC(N)=N2)cc1. The Balaban J connectivity index is 0.000000227. The third-order valence-electron chi connectivity index (χ3n) is 6.48. The summed E-state index contributed by atoms with van der Waals surface area (Å²) in [6.45, 7) is 1.09. The second-order valence-electron chi connectivity index (χ2n) is 9.72. The molecule has 42 heavy (non-hydrogen) atoms. The number of benzene rings is 2. The molecule has 3 aromatic rings. The van der Waals surface area contributed by atoms with E-state index in [2.05, 4.69) is 20.3 Å². The molecule has 0 spiro atoms. The molecule has 13 heteroatoms. The lowest BCUT2D eigenvalue weighted by molar-refractivity contribution is -0.141. The topological polar surface area (TPSA) is 161 Å². The smallest absolute Gasteiger partial charge is 0.433 e. The van der Waals surface area contributed by atoms with E-state index in [1.54, 1.807) is 24.3 Å². The molecule has 10 nitrogen and oxygen atoms in total. The van der Waals surface area contributed by atoms with Gasteiger partial charge in [-0.05, 0) is 61.1 Å². The van der Waals surface area contributed by atoms with E-state index in [0.29, 0.717) is 30.6 Å². The zero-order valence-electron chi connectivity index (χ0n) is 22.6. The molecule has 5 rings (SSSR count). The molecular weight excluding hydrogens is 551 g/mol. The average molecular weight is 583 g/mol. The maximum atomic E-state index is 12.5. The van der Waals surface area contributed by atoms with Gasteiger partial charge in [0.25, 0.3) is 18.0 Å². The molecular formula is C29H31F3N7O3-. The van der Waals surface area contributed by atoms with Crippen molar-refractivity contribution in [2.75, 3.05) is 18.5 Å². The number of halogens is 3. The van der Waals surface area contributed by atoms with Crippen LogP contribution in [-0.4, -0.2) is 48.2 Å². The summed E-state index contributed by atoms with van der Waals surface area (Å²) in [5.41, 5.74) is 20.6. The number of hydrogen-bond acceptors (Lipinski definition) is 8. The Morgan fingerprint density at radius 3 is 1.81 bits per heavy atom. The highest BCUT2D eigenvalue weighted by Gasteiger charge is 2.32. The summed E-state index contributed by atoms with van der Waals surface area (Å²) in [4.78, 5) is 23.7. The van der Waals surface area contributed by atoms with Crippen molar-refractivity contribution in [3.63, 3.8) is 0 Å². The number of amides is 1. The molecule has 0 radical (unpaired) electrons. The van der Waals surface area contributed by atoms with Crippen molar-refractivity contribution in [2.45, 2.75) is 43.9 Å². The van der Waals surface area contributed by atoms with Gasteiger partial charge in [0, 0.05) is 11.9 Å². The number of nitrogens with two attached hydrogens (primary N) is 2. The third kappa shape index (κ3) is 9.11. The minimum absolute atomic E-state index is 0.0451. The molecule has 0 saturated heterocycles. The highest BCUT2D eigenvalue weighted by atomic mass is 19.4. The second-order valence-corrected chi connectivity index (χ2v) is 9.72. The van der Waals surface area contributed by atoms with Gasteiger partial charge in [0.05, 0.1) is 17.6 Å². The van der Waals surface area contributed by atoms with Crippen molar-refractivity contribution < 1.29 is 27.4 Å². The molecule has 2 aliphatic rings. The molecule has 6 N–H and O–H groups in total. The number of aliphatic imine (C=N–C) groups is 2.